The van der Waals surface area contributed by atoms with Crippen LogP contribution in [-0.4, -0.2) is 55.6 Å². The van der Waals surface area contributed by atoms with Gasteiger partial charge in [0.25, 0.3) is 11.8 Å². The normalized spacial score (nSPS) is 18.1. The number of nitrogens with one attached hydrogen (secondary N) is 2. The Morgan fingerprint density at radius 2 is 1.83 bits per heavy atom. The van der Waals surface area contributed by atoms with Gasteiger partial charge in [-0.2, -0.15) is 4.31 Å². The predicted molar refractivity (Wildman–Crippen MR) is 108 cm³/mol. The second kappa shape index (κ2) is 10.4. The second-order valence-corrected chi connectivity index (χ2v) is 8.77. The molecule has 10 heteroatoms. The zero-order chi connectivity index (χ0) is 21.4. The van der Waals surface area contributed by atoms with Crippen LogP contribution in [0.1, 0.15) is 40.0 Å². The summed E-state index contributed by atoms with van der Waals surface area (Å²) in [6.45, 7) is 6.07. The average molecular weight is 428 g/mol. The molecule has 9 nitrogen and oxygen atoms in total. The molecule has 1 fully saturated rings. The van der Waals surface area contributed by atoms with Gasteiger partial charge in [-0.3, -0.25) is 20.4 Å². The van der Waals surface area contributed by atoms with Gasteiger partial charge in [-0.05, 0) is 57.4 Å². The molecule has 0 saturated carbocycles. The Morgan fingerprint density at radius 3 is 2.45 bits per heavy atom. The van der Waals surface area contributed by atoms with Crippen molar-refractivity contribution in [1.82, 2.24) is 15.2 Å². The lowest BCUT2D eigenvalue weighted by Gasteiger charge is -2.23. The molecule has 0 spiro atoms. The van der Waals surface area contributed by atoms with E-state index < -0.39 is 34.0 Å². The number of hydrazine groups is 1. The molecule has 1 aromatic carbocycles. The maximum absolute atomic E-state index is 12.4. The van der Waals surface area contributed by atoms with E-state index in [1.54, 1.807) is 38.1 Å². The summed E-state index contributed by atoms with van der Waals surface area (Å²) in [5.74, 6) is 0.0752. The Kier molecular flexibility index (Phi) is 8.27. The fraction of sp³-hybridized carbons (Fsp3) is 0.579. The van der Waals surface area contributed by atoms with Crippen molar-refractivity contribution in [2.75, 3.05) is 18.9 Å². The number of benzene rings is 1. The lowest BCUT2D eigenvalue weighted by molar-refractivity contribution is -0.133. The van der Waals surface area contributed by atoms with E-state index in [9.17, 15) is 18.0 Å². The molecule has 0 aliphatic carbocycles. The van der Waals surface area contributed by atoms with Gasteiger partial charge in [0.05, 0.1) is 12.4 Å². The first-order valence-corrected chi connectivity index (χ1v) is 11.4. The first-order chi connectivity index (χ1) is 13.8. The summed E-state index contributed by atoms with van der Waals surface area (Å²) in [5, 5.41) is 0. The fourth-order valence-corrected chi connectivity index (χ4v) is 4.80. The minimum Gasteiger partial charge on any atom is -0.494 e. The second-order valence-electron chi connectivity index (χ2n) is 6.73. The highest BCUT2D eigenvalue weighted by molar-refractivity contribution is 7.89. The van der Waals surface area contributed by atoms with Gasteiger partial charge in [0.2, 0.25) is 10.0 Å². The lowest BCUT2D eigenvalue weighted by atomic mass is 10.2. The first-order valence-electron chi connectivity index (χ1n) is 9.77. The molecule has 0 bridgehead atoms. The van der Waals surface area contributed by atoms with Gasteiger partial charge < -0.3 is 9.47 Å². The van der Waals surface area contributed by atoms with Crippen LogP contribution in [0.3, 0.4) is 0 Å². The zero-order valence-corrected chi connectivity index (χ0v) is 17.8. The number of hydrogen-bond donors (Lipinski definition) is 2. The third kappa shape index (κ3) is 6.33. The highest BCUT2D eigenvalue weighted by atomic mass is 32.2. The van der Waals surface area contributed by atoms with Gasteiger partial charge >= 0.3 is 0 Å². The van der Waals surface area contributed by atoms with Crippen LogP contribution in [0.4, 0.5) is 0 Å². The molecule has 1 aliphatic heterocycles. The van der Waals surface area contributed by atoms with Crippen LogP contribution in [0.2, 0.25) is 0 Å². The van der Waals surface area contributed by atoms with Crippen molar-refractivity contribution >= 4 is 21.8 Å². The molecule has 2 N–H and O–H groups in total. The number of sulfonamides is 1. The number of amides is 2. The van der Waals surface area contributed by atoms with E-state index in [2.05, 4.69) is 10.9 Å². The number of nitrogens with zero attached hydrogens (tertiary/aromatic N) is 1. The van der Waals surface area contributed by atoms with E-state index in [1.165, 1.54) is 4.31 Å². The van der Waals surface area contributed by atoms with Crippen molar-refractivity contribution < 1.29 is 27.5 Å². The smallest absolute Gasteiger partial charge is 0.279 e. The highest BCUT2D eigenvalue weighted by Gasteiger charge is 2.38. The Hall–Kier alpha value is -2.33. The minimum atomic E-state index is -3.48. The molecule has 1 aromatic rings. The van der Waals surface area contributed by atoms with Crippen molar-refractivity contribution in [3.63, 3.8) is 0 Å². The predicted octanol–water partition coefficient (Wildman–Crippen LogP) is 1.20. The van der Waals surface area contributed by atoms with Crippen LogP contribution in [-0.2, 0) is 19.6 Å². The van der Waals surface area contributed by atoms with Crippen molar-refractivity contribution in [1.29, 1.82) is 0 Å². The average Bonchev–Trinajstić information content (AvgIpc) is 3.18. The lowest BCUT2D eigenvalue weighted by Crippen LogP contribution is -2.53. The molecule has 2 amide bonds. The van der Waals surface area contributed by atoms with E-state index in [-0.39, 0.29) is 5.75 Å². The molecule has 2 atom stereocenters. The molecular weight excluding hydrogens is 398 g/mol. The number of rotatable bonds is 9. The summed E-state index contributed by atoms with van der Waals surface area (Å²) < 4.78 is 36.7. The van der Waals surface area contributed by atoms with Crippen molar-refractivity contribution in [3.05, 3.63) is 24.3 Å². The summed E-state index contributed by atoms with van der Waals surface area (Å²) in [6, 6.07) is 6.02. The monoisotopic (exact) mass is 427 g/mol. The summed E-state index contributed by atoms with van der Waals surface area (Å²) in [6.07, 6.45) is 0.635. The zero-order valence-electron chi connectivity index (χ0n) is 17.0. The number of ether oxygens (including phenoxy) is 2. The first kappa shape index (κ1) is 23.0. The third-order valence-electron chi connectivity index (χ3n) is 4.45. The number of hydrogen-bond acceptors (Lipinski definition) is 6. The van der Waals surface area contributed by atoms with E-state index in [1.807, 2.05) is 6.92 Å². The Labute approximate surface area is 171 Å². The molecule has 1 aliphatic rings. The van der Waals surface area contributed by atoms with Gasteiger partial charge in [0.15, 0.2) is 6.10 Å². The highest BCUT2D eigenvalue weighted by Crippen LogP contribution is 2.22. The summed E-state index contributed by atoms with van der Waals surface area (Å²) in [4.78, 5) is 24.6. The molecule has 1 heterocycles. The molecule has 1 saturated heterocycles. The van der Waals surface area contributed by atoms with Crippen LogP contribution in [0.5, 0.6) is 11.5 Å². The van der Waals surface area contributed by atoms with E-state index in [0.29, 0.717) is 43.9 Å². The molecular formula is C19H29N3O6S. The van der Waals surface area contributed by atoms with Crippen LogP contribution in [0, 0.1) is 0 Å². The third-order valence-corrected chi connectivity index (χ3v) is 6.53. The minimum absolute atomic E-state index is 0.00387. The molecule has 29 heavy (non-hydrogen) atoms. The van der Waals surface area contributed by atoms with Gasteiger partial charge in [-0.1, -0.05) is 6.92 Å². The summed E-state index contributed by atoms with van der Waals surface area (Å²) in [7, 11) is -3.48. The summed E-state index contributed by atoms with van der Waals surface area (Å²) in [5.41, 5.74) is 4.62. The maximum Gasteiger partial charge on any atom is 0.279 e. The fourth-order valence-electron chi connectivity index (χ4n) is 3.06. The van der Waals surface area contributed by atoms with E-state index in [4.69, 9.17) is 9.47 Å². The molecule has 0 aromatic heterocycles. The van der Waals surface area contributed by atoms with Gasteiger partial charge in [0, 0.05) is 6.54 Å². The summed E-state index contributed by atoms with van der Waals surface area (Å²) >= 11 is 0. The van der Waals surface area contributed by atoms with Gasteiger partial charge in [-0.25, -0.2) is 8.42 Å². The van der Waals surface area contributed by atoms with Gasteiger partial charge in [0.1, 0.15) is 17.5 Å². The van der Waals surface area contributed by atoms with Crippen LogP contribution < -0.4 is 20.3 Å². The van der Waals surface area contributed by atoms with Gasteiger partial charge in [-0.15, -0.1) is 0 Å². The van der Waals surface area contributed by atoms with Crippen LogP contribution in [0.15, 0.2) is 24.3 Å². The van der Waals surface area contributed by atoms with Crippen LogP contribution in [0.25, 0.3) is 0 Å². The Bertz CT molecular complexity index is 797. The largest absolute Gasteiger partial charge is 0.494 e. The van der Waals surface area contributed by atoms with Crippen molar-refractivity contribution in [2.45, 2.75) is 52.2 Å². The Balaban J connectivity index is 1.86. The molecule has 2 unspecified atom stereocenters. The SMILES string of the molecule is CCCS(=O)(=O)N1CCCC1C(=O)NNC(=O)C(C)Oc1ccc(OCC)cc1. The number of carbonyl (C=O) groups excluding carboxylic acids is 2. The molecule has 2 rings (SSSR count). The standard InChI is InChI=1S/C19H29N3O6S/c1-4-13-29(25,26)22-12-6-7-17(22)19(24)21-20-18(23)14(3)28-16-10-8-15(9-11-16)27-5-2/h8-11,14,17H,4-7,12-13H2,1-3H3,(H,20,23)(H,21,24). The van der Waals surface area contributed by atoms with Crippen LogP contribution >= 0.6 is 0 Å². The quantitative estimate of drug-likeness (QED) is 0.573. The molecule has 0 radical (unpaired) electrons. The van der Waals surface area contributed by atoms with Crippen molar-refractivity contribution in [2.24, 2.45) is 0 Å². The van der Waals surface area contributed by atoms with Crippen molar-refractivity contribution in [3.8, 4) is 11.5 Å². The molecule has 162 valence electrons. The number of carbonyl (C=O) groups is 2. The maximum atomic E-state index is 12.4. The topological polar surface area (TPSA) is 114 Å². The Morgan fingerprint density at radius 1 is 1.17 bits per heavy atom. The van der Waals surface area contributed by atoms with E-state index >= 15 is 0 Å². The van der Waals surface area contributed by atoms with E-state index in [0.717, 1.165) is 0 Å².